The lowest BCUT2D eigenvalue weighted by molar-refractivity contribution is -0.120. The van der Waals surface area contributed by atoms with Crippen molar-refractivity contribution in [1.82, 2.24) is 10.3 Å². The molecule has 0 fully saturated rings. The van der Waals surface area contributed by atoms with Crippen molar-refractivity contribution in [2.24, 2.45) is 0 Å². The van der Waals surface area contributed by atoms with Gasteiger partial charge in [0.2, 0.25) is 21.8 Å². The number of rotatable bonds is 8. The summed E-state index contributed by atoms with van der Waals surface area (Å²) in [5, 5.41) is 2.51. The number of hydrogen-bond donors (Lipinski definition) is 2. The fraction of sp³-hybridized carbons (Fsp3) is 0.222. The molecule has 0 aliphatic heterocycles. The highest BCUT2D eigenvalue weighted by molar-refractivity contribution is 7.92. The topological polar surface area (TPSA) is 97.4 Å². The van der Waals surface area contributed by atoms with Crippen LogP contribution in [-0.2, 0) is 27.8 Å². The van der Waals surface area contributed by atoms with Crippen LogP contribution in [-0.4, -0.2) is 32.6 Å². The maximum atomic E-state index is 13.0. The van der Waals surface area contributed by atoms with Crippen LogP contribution in [0.1, 0.15) is 16.7 Å². The zero-order valence-electron chi connectivity index (χ0n) is 15.0. The highest BCUT2D eigenvalue weighted by Gasteiger charge is 2.16. The van der Waals surface area contributed by atoms with Crippen molar-refractivity contribution in [2.75, 3.05) is 18.0 Å². The van der Waals surface area contributed by atoms with Gasteiger partial charge in [0.1, 0.15) is 12.4 Å². The number of nitrogens with one attached hydrogen (secondary N) is 2. The van der Waals surface area contributed by atoms with Crippen molar-refractivity contribution in [1.29, 1.82) is 0 Å². The van der Waals surface area contributed by atoms with Crippen molar-refractivity contribution in [3.63, 3.8) is 0 Å². The summed E-state index contributed by atoms with van der Waals surface area (Å²) in [5.74, 6) is -0.489. The summed E-state index contributed by atoms with van der Waals surface area (Å²) < 4.78 is 44.1. The first-order chi connectivity index (χ1) is 12.7. The molecule has 144 valence electrons. The molecule has 0 unspecified atom stereocenters. The number of benzene rings is 1. The number of carbonyl (C=O) groups excluding carboxylic acids is 1. The molecule has 0 aliphatic rings. The number of nitrogens with zero attached hydrogens (tertiary/aromatic N) is 1. The molecule has 1 heterocycles. The SMILES string of the molecule is C=Cc1cc(CC(=O)NC)c(OCc2ccc(F)cc2)nc1NS(C)(=O)=O. The first-order valence-electron chi connectivity index (χ1n) is 7.94. The first kappa shape index (κ1) is 20.4. The summed E-state index contributed by atoms with van der Waals surface area (Å²) in [6.45, 7) is 3.71. The molecule has 0 radical (unpaired) electrons. The van der Waals surface area contributed by atoms with Crippen LogP contribution < -0.4 is 14.8 Å². The van der Waals surface area contributed by atoms with Crippen LogP contribution in [0.4, 0.5) is 10.2 Å². The van der Waals surface area contributed by atoms with Gasteiger partial charge in [-0.15, -0.1) is 0 Å². The van der Waals surface area contributed by atoms with Crippen molar-refractivity contribution < 1.29 is 22.3 Å². The summed E-state index contributed by atoms with van der Waals surface area (Å²) in [4.78, 5) is 16.0. The van der Waals surface area contributed by atoms with E-state index in [-0.39, 0.29) is 36.4 Å². The predicted octanol–water partition coefficient (Wildman–Crippen LogP) is 2.10. The van der Waals surface area contributed by atoms with Crippen molar-refractivity contribution >= 4 is 27.8 Å². The Kier molecular flexibility index (Phi) is 6.51. The van der Waals surface area contributed by atoms with Crippen LogP contribution in [0.15, 0.2) is 36.9 Å². The smallest absolute Gasteiger partial charge is 0.230 e. The van der Waals surface area contributed by atoms with Gasteiger partial charge in [-0.2, -0.15) is 4.98 Å². The molecule has 9 heteroatoms. The fourth-order valence-electron chi connectivity index (χ4n) is 2.21. The summed E-state index contributed by atoms with van der Waals surface area (Å²) in [6.07, 6.45) is 2.42. The number of sulfonamides is 1. The lowest BCUT2D eigenvalue weighted by atomic mass is 10.1. The number of halogens is 1. The number of ether oxygens (including phenoxy) is 1. The summed E-state index contributed by atoms with van der Waals surface area (Å²) >= 11 is 0. The quantitative estimate of drug-likeness (QED) is 0.716. The third kappa shape index (κ3) is 6.07. The van der Waals surface area contributed by atoms with Crippen LogP contribution in [0, 0.1) is 5.82 Å². The van der Waals surface area contributed by atoms with E-state index < -0.39 is 10.0 Å². The number of carbonyl (C=O) groups is 1. The van der Waals surface area contributed by atoms with E-state index in [1.165, 1.54) is 25.3 Å². The average molecular weight is 393 g/mol. The summed E-state index contributed by atoms with van der Waals surface area (Å²) in [6, 6.07) is 7.30. The number of likely N-dealkylation sites (N-methyl/N-ethyl adjacent to an activating group) is 1. The maximum Gasteiger partial charge on any atom is 0.230 e. The Labute approximate surface area is 157 Å². The second-order valence-corrected chi connectivity index (χ2v) is 7.48. The Morgan fingerprint density at radius 2 is 2.00 bits per heavy atom. The van der Waals surface area contributed by atoms with Gasteiger partial charge in [-0.25, -0.2) is 12.8 Å². The van der Waals surface area contributed by atoms with Crippen LogP contribution >= 0.6 is 0 Å². The van der Waals surface area contributed by atoms with E-state index in [4.69, 9.17) is 4.74 Å². The number of pyridine rings is 1. The lowest BCUT2D eigenvalue weighted by Gasteiger charge is -2.15. The Morgan fingerprint density at radius 3 is 2.56 bits per heavy atom. The van der Waals surface area contributed by atoms with Gasteiger partial charge in [-0.05, 0) is 23.8 Å². The average Bonchev–Trinajstić information content (AvgIpc) is 2.61. The predicted molar refractivity (Wildman–Crippen MR) is 101 cm³/mol. The van der Waals surface area contributed by atoms with Crippen molar-refractivity contribution in [3.05, 3.63) is 59.4 Å². The van der Waals surface area contributed by atoms with E-state index >= 15 is 0 Å². The molecular weight excluding hydrogens is 373 g/mol. The summed E-state index contributed by atoms with van der Waals surface area (Å²) in [5.41, 5.74) is 1.56. The van der Waals surface area contributed by atoms with Gasteiger partial charge in [-0.3, -0.25) is 9.52 Å². The third-order valence-electron chi connectivity index (χ3n) is 3.51. The zero-order valence-corrected chi connectivity index (χ0v) is 15.8. The molecule has 0 saturated heterocycles. The summed E-state index contributed by atoms with van der Waals surface area (Å²) in [7, 11) is -2.07. The van der Waals surface area contributed by atoms with Crippen LogP contribution in [0.25, 0.3) is 6.08 Å². The van der Waals surface area contributed by atoms with Gasteiger partial charge in [0.05, 0.1) is 12.7 Å². The number of hydrogen-bond acceptors (Lipinski definition) is 5. The zero-order chi connectivity index (χ0) is 20.0. The van der Waals surface area contributed by atoms with Gasteiger partial charge in [-0.1, -0.05) is 24.8 Å². The first-order valence-corrected chi connectivity index (χ1v) is 9.83. The monoisotopic (exact) mass is 393 g/mol. The molecule has 1 aromatic carbocycles. The normalized spacial score (nSPS) is 10.9. The molecule has 2 N–H and O–H groups in total. The minimum Gasteiger partial charge on any atom is -0.473 e. The Bertz CT molecular complexity index is 944. The number of amides is 1. The van der Waals surface area contributed by atoms with Gasteiger partial charge in [0, 0.05) is 18.2 Å². The Balaban J connectivity index is 2.39. The highest BCUT2D eigenvalue weighted by Crippen LogP contribution is 2.26. The minimum atomic E-state index is -3.58. The van der Waals surface area contributed by atoms with Crippen LogP contribution in [0.2, 0.25) is 0 Å². The van der Waals surface area contributed by atoms with Gasteiger partial charge >= 0.3 is 0 Å². The third-order valence-corrected chi connectivity index (χ3v) is 4.08. The molecule has 2 rings (SSSR count). The Hall–Kier alpha value is -2.94. The molecule has 0 aliphatic carbocycles. The largest absolute Gasteiger partial charge is 0.473 e. The van der Waals surface area contributed by atoms with Gasteiger partial charge in [0.25, 0.3) is 0 Å². The van der Waals surface area contributed by atoms with E-state index in [9.17, 15) is 17.6 Å². The molecule has 7 nitrogen and oxygen atoms in total. The molecule has 2 aromatic rings. The van der Waals surface area contributed by atoms with Crippen molar-refractivity contribution in [2.45, 2.75) is 13.0 Å². The molecule has 1 amide bonds. The second kappa shape index (κ2) is 8.63. The van der Waals surface area contributed by atoms with Gasteiger partial charge in [0.15, 0.2) is 5.82 Å². The van der Waals surface area contributed by atoms with Crippen LogP contribution in [0.3, 0.4) is 0 Å². The van der Waals surface area contributed by atoms with E-state index in [0.29, 0.717) is 16.7 Å². The number of aromatic nitrogens is 1. The standard InChI is InChI=1S/C18H20FN3O4S/c1-4-13-9-14(10-16(23)20-2)18(21-17(13)22-27(3,24)25)26-11-12-5-7-15(19)8-6-12/h4-9H,1,10-11H2,2-3H3,(H,20,23)(H,21,22). The molecule has 1 aromatic heterocycles. The molecule has 0 atom stereocenters. The Morgan fingerprint density at radius 1 is 1.33 bits per heavy atom. The van der Waals surface area contributed by atoms with E-state index in [1.807, 2.05) is 0 Å². The molecule has 0 spiro atoms. The molecule has 27 heavy (non-hydrogen) atoms. The lowest BCUT2D eigenvalue weighted by Crippen LogP contribution is -2.21. The van der Waals surface area contributed by atoms with E-state index in [0.717, 1.165) is 6.26 Å². The van der Waals surface area contributed by atoms with Crippen molar-refractivity contribution in [3.8, 4) is 5.88 Å². The van der Waals surface area contributed by atoms with Gasteiger partial charge < -0.3 is 10.1 Å². The second-order valence-electron chi connectivity index (χ2n) is 5.73. The maximum absolute atomic E-state index is 13.0. The highest BCUT2D eigenvalue weighted by atomic mass is 32.2. The molecular formula is C18H20FN3O4S. The molecule has 0 bridgehead atoms. The molecule has 0 saturated carbocycles. The minimum absolute atomic E-state index is 0.0117. The fourth-order valence-corrected chi connectivity index (χ4v) is 2.73. The van der Waals surface area contributed by atoms with E-state index in [2.05, 4.69) is 21.6 Å². The number of anilines is 1. The van der Waals surface area contributed by atoms with E-state index in [1.54, 1.807) is 18.2 Å². The van der Waals surface area contributed by atoms with Crippen LogP contribution in [0.5, 0.6) is 5.88 Å².